The Hall–Kier alpha value is -0.710. The summed E-state index contributed by atoms with van der Waals surface area (Å²) >= 11 is 11.7. The van der Waals surface area contributed by atoms with Gasteiger partial charge in [-0.05, 0) is 12.1 Å². The second-order valence-corrected chi connectivity index (χ2v) is 4.50. The lowest BCUT2D eigenvalue weighted by atomic mass is 10.1. The van der Waals surface area contributed by atoms with Crippen molar-refractivity contribution >= 4 is 51.6 Å². The van der Waals surface area contributed by atoms with E-state index in [-0.39, 0.29) is 10.6 Å². The molecule has 0 aliphatic heterocycles. The fraction of sp³-hybridized carbons (Fsp3) is 0. The summed E-state index contributed by atoms with van der Waals surface area (Å²) in [4.78, 5) is 11.5. The van der Waals surface area contributed by atoms with E-state index in [1.54, 1.807) is 6.07 Å². The molecule has 2 aromatic rings. The Bertz CT molecular complexity index is 519. The van der Waals surface area contributed by atoms with Crippen LogP contribution < -0.4 is 0 Å². The van der Waals surface area contributed by atoms with Gasteiger partial charge in [-0.25, -0.2) is 4.79 Å². The normalized spacial score (nSPS) is 10.7. The Morgan fingerprint density at radius 1 is 1.50 bits per heavy atom. The maximum absolute atomic E-state index is 10.8. The number of thiol groups is 1. The maximum Gasteiger partial charge on any atom is 0.337 e. The van der Waals surface area contributed by atoms with E-state index in [1.165, 1.54) is 17.4 Å². The van der Waals surface area contributed by atoms with Gasteiger partial charge in [0.05, 0.1) is 10.6 Å². The average Bonchev–Trinajstić information content (AvgIpc) is 2.48. The van der Waals surface area contributed by atoms with E-state index in [2.05, 4.69) is 12.6 Å². The van der Waals surface area contributed by atoms with Crippen molar-refractivity contribution in [2.75, 3.05) is 0 Å². The summed E-state index contributed by atoms with van der Waals surface area (Å²) in [6.45, 7) is 0. The van der Waals surface area contributed by atoms with E-state index >= 15 is 0 Å². The molecule has 1 heterocycles. The second-order valence-electron chi connectivity index (χ2n) is 2.73. The predicted molar refractivity (Wildman–Crippen MR) is 61.0 cm³/mol. The summed E-state index contributed by atoms with van der Waals surface area (Å²) in [5.41, 5.74) is 0.118. The molecule has 2 nitrogen and oxygen atoms in total. The number of hydrogen-bond donors (Lipinski definition) is 2. The van der Waals surface area contributed by atoms with Crippen LogP contribution >= 0.6 is 35.6 Å². The van der Waals surface area contributed by atoms with Crippen LogP contribution in [0.5, 0.6) is 0 Å². The van der Waals surface area contributed by atoms with Gasteiger partial charge in [-0.3, -0.25) is 0 Å². The number of carbonyl (C=O) groups is 1. The smallest absolute Gasteiger partial charge is 0.337 e. The van der Waals surface area contributed by atoms with Crippen molar-refractivity contribution < 1.29 is 9.90 Å². The van der Waals surface area contributed by atoms with Crippen LogP contribution in [0.25, 0.3) is 10.1 Å². The van der Waals surface area contributed by atoms with Crippen LogP contribution in [0.4, 0.5) is 0 Å². The van der Waals surface area contributed by atoms with E-state index in [9.17, 15) is 4.79 Å². The molecule has 0 aliphatic carbocycles. The number of carboxylic acid groups (broad SMARTS) is 1. The van der Waals surface area contributed by atoms with Gasteiger partial charge in [0, 0.05) is 20.4 Å². The highest BCUT2D eigenvalue weighted by atomic mass is 35.5. The van der Waals surface area contributed by atoms with Gasteiger partial charge in [-0.15, -0.1) is 24.0 Å². The fourth-order valence-electron chi connectivity index (χ4n) is 1.24. The summed E-state index contributed by atoms with van der Waals surface area (Å²) in [7, 11) is 0. The van der Waals surface area contributed by atoms with Crippen molar-refractivity contribution in [3.63, 3.8) is 0 Å². The van der Waals surface area contributed by atoms with Gasteiger partial charge in [0.2, 0.25) is 0 Å². The molecule has 0 aliphatic rings. The molecule has 0 amide bonds. The minimum atomic E-state index is -1.02. The number of fused-ring (bicyclic) bond motifs is 1. The number of benzene rings is 1. The summed E-state index contributed by atoms with van der Waals surface area (Å²) < 4.78 is 0.949. The molecule has 2 rings (SSSR count). The molecule has 72 valence electrons. The molecule has 1 aromatic heterocycles. The quantitative estimate of drug-likeness (QED) is 0.753. The highest BCUT2D eigenvalue weighted by molar-refractivity contribution is 7.80. The molecule has 14 heavy (non-hydrogen) atoms. The molecule has 0 saturated carbocycles. The van der Waals surface area contributed by atoms with E-state index in [4.69, 9.17) is 16.7 Å². The summed E-state index contributed by atoms with van der Waals surface area (Å²) in [5.74, 6) is -1.02. The Morgan fingerprint density at radius 3 is 2.86 bits per heavy atom. The average molecular weight is 245 g/mol. The molecular formula is C9H5ClO2S2. The van der Waals surface area contributed by atoms with Gasteiger partial charge in [-0.1, -0.05) is 11.6 Å². The largest absolute Gasteiger partial charge is 0.478 e. The fourth-order valence-corrected chi connectivity index (χ4v) is 3.01. The lowest BCUT2D eigenvalue weighted by Gasteiger charge is -2.00. The molecule has 0 spiro atoms. The summed E-state index contributed by atoms with van der Waals surface area (Å²) in [6.07, 6.45) is 0. The molecule has 0 fully saturated rings. The maximum atomic E-state index is 10.8. The van der Waals surface area contributed by atoms with Crippen molar-refractivity contribution in [3.05, 3.63) is 28.1 Å². The third-order valence-corrected chi connectivity index (χ3v) is 3.76. The van der Waals surface area contributed by atoms with Gasteiger partial charge < -0.3 is 5.11 Å². The molecule has 5 heteroatoms. The minimum absolute atomic E-state index is 0.118. The first-order valence-corrected chi connectivity index (χ1v) is 5.43. The first kappa shape index (κ1) is 9.83. The predicted octanol–water partition coefficient (Wildman–Crippen LogP) is 3.54. The van der Waals surface area contributed by atoms with Gasteiger partial charge in [0.1, 0.15) is 0 Å². The zero-order chi connectivity index (χ0) is 10.3. The zero-order valence-corrected chi connectivity index (χ0v) is 9.29. The molecular weight excluding hydrogens is 240 g/mol. The number of aromatic carboxylic acids is 1. The number of thiophene rings is 1. The van der Waals surface area contributed by atoms with Crippen molar-refractivity contribution in [3.8, 4) is 0 Å². The number of hydrogen-bond acceptors (Lipinski definition) is 3. The molecule has 1 N–H and O–H groups in total. The SMILES string of the molecule is O=C(O)c1ccc2scc(S)c2c1Cl. The minimum Gasteiger partial charge on any atom is -0.478 e. The summed E-state index contributed by atoms with van der Waals surface area (Å²) in [6, 6.07) is 3.26. The van der Waals surface area contributed by atoms with Crippen molar-refractivity contribution in [2.45, 2.75) is 4.90 Å². The van der Waals surface area contributed by atoms with Crippen molar-refractivity contribution in [2.24, 2.45) is 0 Å². The highest BCUT2D eigenvalue weighted by Crippen LogP contribution is 2.36. The van der Waals surface area contributed by atoms with E-state index in [0.717, 1.165) is 15.0 Å². The molecule has 0 atom stereocenters. The zero-order valence-electron chi connectivity index (χ0n) is 6.82. The van der Waals surface area contributed by atoms with Crippen LogP contribution in [0.1, 0.15) is 10.4 Å². The van der Waals surface area contributed by atoms with Crippen LogP contribution in [0.3, 0.4) is 0 Å². The second kappa shape index (κ2) is 3.46. The Kier molecular flexibility index (Phi) is 2.43. The van der Waals surface area contributed by atoms with Crippen LogP contribution in [-0.4, -0.2) is 11.1 Å². The molecule has 0 radical (unpaired) electrons. The van der Waals surface area contributed by atoms with E-state index < -0.39 is 5.97 Å². The molecule has 0 unspecified atom stereocenters. The topological polar surface area (TPSA) is 37.3 Å². The van der Waals surface area contributed by atoms with Crippen molar-refractivity contribution in [1.29, 1.82) is 0 Å². The number of rotatable bonds is 1. The monoisotopic (exact) mass is 244 g/mol. The molecule has 0 bridgehead atoms. The standard InChI is InChI=1S/C9H5ClO2S2/c10-8-4(9(11)12)1-2-6-7(8)5(13)3-14-6/h1-3,13H,(H,11,12). The van der Waals surface area contributed by atoms with Gasteiger partial charge >= 0.3 is 5.97 Å². The third kappa shape index (κ3) is 1.39. The Balaban J connectivity index is 2.86. The lowest BCUT2D eigenvalue weighted by molar-refractivity contribution is 0.0697. The van der Waals surface area contributed by atoms with E-state index in [1.807, 2.05) is 5.38 Å². The lowest BCUT2D eigenvalue weighted by Crippen LogP contribution is -1.96. The van der Waals surface area contributed by atoms with Crippen LogP contribution in [-0.2, 0) is 0 Å². The first-order valence-electron chi connectivity index (χ1n) is 3.73. The van der Waals surface area contributed by atoms with Gasteiger partial charge in [-0.2, -0.15) is 0 Å². The van der Waals surface area contributed by atoms with Crippen molar-refractivity contribution in [1.82, 2.24) is 0 Å². The number of halogens is 1. The third-order valence-electron chi connectivity index (χ3n) is 1.89. The van der Waals surface area contributed by atoms with Gasteiger partial charge in [0.25, 0.3) is 0 Å². The van der Waals surface area contributed by atoms with Crippen LogP contribution in [0.15, 0.2) is 22.4 Å². The highest BCUT2D eigenvalue weighted by Gasteiger charge is 2.14. The van der Waals surface area contributed by atoms with Crippen LogP contribution in [0.2, 0.25) is 5.02 Å². The molecule has 0 saturated heterocycles. The summed E-state index contributed by atoms with van der Waals surface area (Å²) in [5, 5.41) is 11.7. The molecule has 1 aromatic carbocycles. The van der Waals surface area contributed by atoms with E-state index in [0.29, 0.717) is 0 Å². The Labute approximate surface area is 94.5 Å². The first-order chi connectivity index (χ1) is 6.61. The number of carboxylic acids is 1. The Morgan fingerprint density at radius 2 is 2.21 bits per heavy atom. The van der Waals surface area contributed by atoms with Gasteiger partial charge in [0.15, 0.2) is 0 Å². The van der Waals surface area contributed by atoms with Crippen LogP contribution in [0, 0.1) is 0 Å².